The highest BCUT2D eigenvalue weighted by Gasteiger charge is 2.33. The van der Waals surface area contributed by atoms with E-state index in [1.54, 1.807) is 6.20 Å². The molecule has 1 amide bonds. The van der Waals surface area contributed by atoms with Crippen molar-refractivity contribution in [2.75, 3.05) is 0 Å². The van der Waals surface area contributed by atoms with Crippen molar-refractivity contribution in [3.05, 3.63) is 126 Å². The monoisotopic (exact) mass is 580 g/mol. The number of hydrogen-bond donors (Lipinski definition) is 1. The minimum absolute atomic E-state index is 0.107. The predicted molar refractivity (Wildman–Crippen MR) is 177 cm³/mol. The van der Waals surface area contributed by atoms with E-state index in [0.717, 1.165) is 71.4 Å². The Morgan fingerprint density at radius 3 is 2.48 bits per heavy atom. The highest BCUT2D eigenvalue weighted by molar-refractivity contribution is 5.84. The molecular weight excluding hydrogens is 540 g/mol. The van der Waals surface area contributed by atoms with Gasteiger partial charge in [-0.3, -0.25) is 4.79 Å². The highest BCUT2D eigenvalue weighted by Crippen LogP contribution is 2.40. The molecule has 0 saturated heterocycles. The number of aromatic nitrogens is 3. The minimum Gasteiger partial charge on any atom is -0.357 e. The SMILES string of the molecule is C#Cc1cnc(C[C@H]2CC[C@H](C(C(=O)NCc3ccccc3)c3ccc(-c4ccn(C)c4)cc3)CC2)nc1C1=CC=CC1C. The molecule has 0 spiro atoms. The second-order valence-electron chi connectivity index (χ2n) is 12.3. The lowest BCUT2D eigenvalue weighted by Gasteiger charge is -2.33. The van der Waals surface area contributed by atoms with Gasteiger partial charge in [-0.2, -0.15) is 0 Å². The van der Waals surface area contributed by atoms with Gasteiger partial charge >= 0.3 is 0 Å². The smallest absolute Gasteiger partial charge is 0.228 e. The Kier molecular flexibility index (Phi) is 8.89. The van der Waals surface area contributed by atoms with Crippen LogP contribution in [0.5, 0.6) is 0 Å². The van der Waals surface area contributed by atoms with Gasteiger partial charge in [0.1, 0.15) is 5.82 Å². The molecule has 2 heterocycles. The molecule has 0 aliphatic heterocycles. The average Bonchev–Trinajstić information content (AvgIpc) is 3.69. The van der Waals surface area contributed by atoms with Crippen LogP contribution in [0.1, 0.15) is 66.7 Å². The number of hydrogen-bond acceptors (Lipinski definition) is 3. The van der Waals surface area contributed by atoms with Gasteiger partial charge in [-0.25, -0.2) is 9.97 Å². The number of carbonyl (C=O) groups excluding carboxylic acids is 1. The fraction of sp³-hybridized carbons (Fsp3) is 0.308. The molecule has 2 atom stereocenters. The topological polar surface area (TPSA) is 59.8 Å². The standard InChI is InChI=1S/C39H40N4O/c1-4-30-25-40-36(42-38(30)35-12-8-9-27(35)2)23-28-13-15-32(16-14-28)37(39(44)41-24-29-10-6-5-7-11-29)33-19-17-31(18-20-33)34-21-22-43(3)26-34/h1,5-12,17-22,25-28,32,37H,13-16,23-24H2,2-3H3,(H,41,44)/t27?,28-,32-,37?. The molecule has 2 aromatic carbocycles. The predicted octanol–water partition coefficient (Wildman–Crippen LogP) is 7.50. The number of carbonyl (C=O) groups is 1. The molecule has 2 aliphatic rings. The first-order valence-corrected chi connectivity index (χ1v) is 15.7. The summed E-state index contributed by atoms with van der Waals surface area (Å²) in [4.78, 5) is 23.4. The maximum absolute atomic E-state index is 13.8. The Balaban J connectivity index is 1.16. The van der Waals surface area contributed by atoms with E-state index in [4.69, 9.17) is 11.4 Å². The molecule has 4 aromatic rings. The van der Waals surface area contributed by atoms with Crippen molar-refractivity contribution in [2.45, 2.75) is 51.5 Å². The Bertz CT molecular complexity index is 1700. The van der Waals surface area contributed by atoms with Crippen LogP contribution in [-0.4, -0.2) is 20.4 Å². The number of terminal acetylenes is 1. The maximum Gasteiger partial charge on any atom is 0.228 e. The van der Waals surface area contributed by atoms with Gasteiger partial charge in [0.05, 0.1) is 17.2 Å². The number of amides is 1. The van der Waals surface area contributed by atoms with Crippen molar-refractivity contribution in [3.63, 3.8) is 0 Å². The third kappa shape index (κ3) is 6.60. The fourth-order valence-corrected chi connectivity index (χ4v) is 6.79. The highest BCUT2D eigenvalue weighted by atomic mass is 16.1. The van der Waals surface area contributed by atoms with Gasteiger partial charge in [0.25, 0.3) is 0 Å². The van der Waals surface area contributed by atoms with Crippen LogP contribution in [0.2, 0.25) is 0 Å². The number of benzene rings is 2. The number of rotatable bonds is 9. The molecule has 2 aromatic heterocycles. The molecule has 6 rings (SSSR count). The van der Waals surface area contributed by atoms with Crippen LogP contribution in [0, 0.1) is 30.1 Å². The first-order chi connectivity index (χ1) is 21.5. The van der Waals surface area contributed by atoms with Crippen molar-refractivity contribution in [3.8, 4) is 23.5 Å². The molecule has 222 valence electrons. The van der Waals surface area contributed by atoms with Crippen LogP contribution in [0.4, 0.5) is 0 Å². The quantitative estimate of drug-likeness (QED) is 0.209. The summed E-state index contributed by atoms with van der Waals surface area (Å²) in [6.45, 7) is 2.70. The van der Waals surface area contributed by atoms with E-state index < -0.39 is 0 Å². The van der Waals surface area contributed by atoms with Crippen molar-refractivity contribution < 1.29 is 4.79 Å². The summed E-state index contributed by atoms with van der Waals surface area (Å²) in [5.41, 5.74) is 7.34. The zero-order chi connectivity index (χ0) is 30.5. The summed E-state index contributed by atoms with van der Waals surface area (Å²) in [5, 5.41) is 3.25. The van der Waals surface area contributed by atoms with Crippen LogP contribution in [0.3, 0.4) is 0 Å². The molecule has 2 unspecified atom stereocenters. The second-order valence-corrected chi connectivity index (χ2v) is 12.3. The van der Waals surface area contributed by atoms with Gasteiger partial charge < -0.3 is 9.88 Å². The van der Waals surface area contributed by atoms with Crippen LogP contribution in [-0.2, 0) is 24.8 Å². The maximum atomic E-state index is 13.8. The molecule has 44 heavy (non-hydrogen) atoms. The first-order valence-electron chi connectivity index (χ1n) is 15.7. The van der Waals surface area contributed by atoms with E-state index in [9.17, 15) is 4.79 Å². The van der Waals surface area contributed by atoms with Gasteiger partial charge in [0.15, 0.2) is 0 Å². The lowest BCUT2D eigenvalue weighted by Crippen LogP contribution is -2.35. The molecule has 1 fully saturated rings. The molecule has 5 nitrogen and oxygen atoms in total. The summed E-state index contributed by atoms with van der Waals surface area (Å²) >= 11 is 0. The number of nitrogens with zero attached hydrogens (tertiary/aromatic N) is 3. The Morgan fingerprint density at radius 1 is 1.05 bits per heavy atom. The minimum atomic E-state index is -0.189. The number of allylic oxidation sites excluding steroid dienone is 4. The molecule has 1 saturated carbocycles. The largest absolute Gasteiger partial charge is 0.357 e. The van der Waals surface area contributed by atoms with E-state index in [1.807, 2.05) is 25.2 Å². The van der Waals surface area contributed by atoms with Crippen LogP contribution < -0.4 is 5.32 Å². The van der Waals surface area contributed by atoms with Crippen LogP contribution in [0.25, 0.3) is 16.7 Å². The molecule has 1 N–H and O–H groups in total. The van der Waals surface area contributed by atoms with E-state index >= 15 is 0 Å². The van der Waals surface area contributed by atoms with Crippen molar-refractivity contribution in [1.82, 2.24) is 19.9 Å². The van der Waals surface area contributed by atoms with Crippen LogP contribution in [0.15, 0.2) is 97.5 Å². The molecule has 0 bridgehead atoms. The zero-order valence-electron chi connectivity index (χ0n) is 25.6. The summed E-state index contributed by atoms with van der Waals surface area (Å²) in [6.07, 6.45) is 23.0. The van der Waals surface area contributed by atoms with Crippen molar-refractivity contribution in [1.29, 1.82) is 0 Å². The first kappa shape index (κ1) is 29.4. The Hall–Kier alpha value is -4.69. The summed E-state index contributed by atoms with van der Waals surface area (Å²) in [6, 6.07) is 20.9. The number of nitrogens with one attached hydrogen (secondary N) is 1. The Morgan fingerprint density at radius 2 is 1.82 bits per heavy atom. The van der Waals surface area contributed by atoms with Gasteiger partial charge in [-0.05, 0) is 71.4 Å². The number of aryl methyl sites for hydroxylation is 1. The van der Waals surface area contributed by atoms with E-state index in [0.29, 0.717) is 18.4 Å². The Labute approximate surface area is 261 Å². The second kappa shape index (κ2) is 13.3. The van der Waals surface area contributed by atoms with Crippen molar-refractivity contribution >= 4 is 11.5 Å². The molecule has 2 aliphatic carbocycles. The van der Waals surface area contributed by atoms with E-state index in [2.05, 4.69) is 101 Å². The fourth-order valence-electron chi connectivity index (χ4n) is 6.79. The zero-order valence-corrected chi connectivity index (χ0v) is 25.6. The normalized spacial score (nSPS) is 20.1. The van der Waals surface area contributed by atoms with E-state index in [1.165, 1.54) is 5.56 Å². The van der Waals surface area contributed by atoms with Gasteiger partial charge in [0, 0.05) is 44.5 Å². The summed E-state index contributed by atoms with van der Waals surface area (Å²) in [7, 11) is 2.03. The summed E-state index contributed by atoms with van der Waals surface area (Å²) < 4.78 is 2.06. The van der Waals surface area contributed by atoms with E-state index in [-0.39, 0.29) is 17.7 Å². The third-order valence-corrected chi connectivity index (χ3v) is 9.29. The van der Waals surface area contributed by atoms with Crippen molar-refractivity contribution in [2.24, 2.45) is 24.8 Å². The molecule has 5 heteroatoms. The summed E-state index contributed by atoms with van der Waals surface area (Å²) in [5.74, 6) is 4.61. The van der Waals surface area contributed by atoms with Gasteiger partial charge in [-0.15, -0.1) is 6.42 Å². The lowest BCUT2D eigenvalue weighted by molar-refractivity contribution is -0.124. The lowest BCUT2D eigenvalue weighted by atomic mass is 9.72. The van der Waals surface area contributed by atoms with Gasteiger partial charge in [-0.1, -0.05) is 85.7 Å². The molecular formula is C39H40N4O. The van der Waals surface area contributed by atoms with Gasteiger partial charge in [0.2, 0.25) is 5.91 Å². The third-order valence-electron chi connectivity index (χ3n) is 9.29. The molecule has 0 radical (unpaired) electrons. The van der Waals surface area contributed by atoms with Crippen LogP contribution >= 0.6 is 0 Å². The average molecular weight is 581 g/mol.